The summed E-state index contributed by atoms with van der Waals surface area (Å²) in [4.78, 5) is 16.5. The highest BCUT2D eigenvalue weighted by Crippen LogP contribution is 2.32. The normalized spacial score (nSPS) is 15.5. The Morgan fingerprint density at radius 2 is 2.23 bits per heavy atom. The number of fused-ring (bicyclic) bond motifs is 2. The van der Waals surface area contributed by atoms with Gasteiger partial charge in [0.15, 0.2) is 11.5 Å². The van der Waals surface area contributed by atoms with E-state index in [9.17, 15) is 4.79 Å². The minimum absolute atomic E-state index is 0.195. The van der Waals surface area contributed by atoms with Crippen LogP contribution in [-0.4, -0.2) is 28.9 Å². The van der Waals surface area contributed by atoms with E-state index in [-0.39, 0.29) is 12.7 Å². The topological polar surface area (TPSA) is 74.6 Å². The van der Waals surface area contributed by atoms with E-state index in [0.29, 0.717) is 31.2 Å². The maximum atomic E-state index is 12.2. The van der Waals surface area contributed by atoms with Gasteiger partial charge in [0.05, 0.1) is 6.61 Å². The molecule has 0 fully saturated rings. The number of rotatable bonds is 3. The number of nitrogens with zero attached hydrogens (tertiary/aromatic N) is 2. The van der Waals surface area contributed by atoms with Gasteiger partial charge in [0, 0.05) is 19.3 Å². The SMILES string of the molecule is O=C(NCc1ccc2c(c1)OCO2)c1cn2c(n1)COCC2. The second-order valence-corrected chi connectivity index (χ2v) is 5.16. The molecule has 0 bridgehead atoms. The van der Waals surface area contributed by atoms with Gasteiger partial charge in [-0.1, -0.05) is 6.07 Å². The third kappa shape index (κ3) is 2.39. The van der Waals surface area contributed by atoms with Crippen molar-refractivity contribution in [3.8, 4) is 11.5 Å². The van der Waals surface area contributed by atoms with Crippen LogP contribution in [0.3, 0.4) is 0 Å². The summed E-state index contributed by atoms with van der Waals surface area (Å²) in [5.74, 6) is 2.04. The second-order valence-electron chi connectivity index (χ2n) is 5.16. The van der Waals surface area contributed by atoms with Crippen LogP contribution in [0.15, 0.2) is 24.4 Å². The molecule has 7 nitrogen and oxygen atoms in total. The fourth-order valence-electron chi connectivity index (χ4n) is 2.52. The van der Waals surface area contributed by atoms with Gasteiger partial charge in [-0.3, -0.25) is 4.79 Å². The number of nitrogens with one attached hydrogen (secondary N) is 1. The lowest BCUT2D eigenvalue weighted by Gasteiger charge is -2.13. The van der Waals surface area contributed by atoms with Crippen molar-refractivity contribution in [2.45, 2.75) is 19.7 Å². The Labute approximate surface area is 126 Å². The van der Waals surface area contributed by atoms with Crippen LogP contribution < -0.4 is 14.8 Å². The molecule has 0 aliphatic carbocycles. The highest BCUT2D eigenvalue weighted by molar-refractivity contribution is 5.92. The van der Waals surface area contributed by atoms with Crippen LogP contribution in [0.4, 0.5) is 0 Å². The van der Waals surface area contributed by atoms with Gasteiger partial charge in [0.2, 0.25) is 6.79 Å². The summed E-state index contributed by atoms with van der Waals surface area (Å²) in [5.41, 5.74) is 1.37. The number of carbonyl (C=O) groups is 1. The molecular weight excluding hydrogens is 286 g/mol. The van der Waals surface area contributed by atoms with Crippen molar-refractivity contribution in [2.24, 2.45) is 0 Å². The van der Waals surface area contributed by atoms with Crippen LogP contribution >= 0.6 is 0 Å². The average molecular weight is 301 g/mol. The summed E-state index contributed by atoms with van der Waals surface area (Å²) < 4.78 is 17.9. The summed E-state index contributed by atoms with van der Waals surface area (Å²) >= 11 is 0. The van der Waals surface area contributed by atoms with Gasteiger partial charge in [-0.2, -0.15) is 0 Å². The molecule has 0 saturated heterocycles. The maximum absolute atomic E-state index is 12.2. The van der Waals surface area contributed by atoms with Crippen molar-refractivity contribution in [2.75, 3.05) is 13.4 Å². The Kier molecular flexibility index (Phi) is 3.19. The van der Waals surface area contributed by atoms with E-state index in [4.69, 9.17) is 14.2 Å². The lowest BCUT2D eigenvalue weighted by atomic mass is 10.2. The van der Waals surface area contributed by atoms with Gasteiger partial charge in [0.1, 0.15) is 18.1 Å². The molecule has 1 aromatic carbocycles. The molecule has 4 rings (SSSR count). The van der Waals surface area contributed by atoms with Crippen molar-refractivity contribution < 1.29 is 19.0 Å². The standard InChI is InChI=1S/C15H15N3O4/c19-15(11-7-18-3-4-20-8-14(18)17-11)16-6-10-1-2-12-13(5-10)22-9-21-12/h1-2,5,7H,3-4,6,8-9H2,(H,16,19). The molecule has 2 aliphatic rings. The van der Waals surface area contributed by atoms with Crippen molar-refractivity contribution in [1.82, 2.24) is 14.9 Å². The molecule has 2 aromatic rings. The highest BCUT2D eigenvalue weighted by Gasteiger charge is 2.17. The number of ether oxygens (including phenoxy) is 3. The first-order chi connectivity index (χ1) is 10.8. The van der Waals surface area contributed by atoms with Crippen LogP contribution in [0, 0.1) is 0 Å². The third-order valence-electron chi connectivity index (χ3n) is 3.69. The van der Waals surface area contributed by atoms with Gasteiger partial charge >= 0.3 is 0 Å². The molecule has 1 aromatic heterocycles. The van der Waals surface area contributed by atoms with Crippen LogP contribution in [-0.2, 0) is 24.4 Å². The molecule has 0 spiro atoms. The zero-order valence-corrected chi connectivity index (χ0v) is 11.9. The van der Waals surface area contributed by atoms with Crippen molar-refractivity contribution in [3.05, 3.63) is 41.5 Å². The Hall–Kier alpha value is -2.54. The van der Waals surface area contributed by atoms with E-state index in [0.717, 1.165) is 23.7 Å². The summed E-state index contributed by atoms with van der Waals surface area (Å²) in [6.45, 7) is 2.50. The van der Waals surface area contributed by atoms with E-state index in [1.807, 2.05) is 22.8 Å². The van der Waals surface area contributed by atoms with E-state index in [1.165, 1.54) is 0 Å². The molecule has 2 aliphatic heterocycles. The van der Waals surface area contributed by atoms with Gasteiger partial charge < -0.3 is 24.1 Å². The predicted octanol–water partition coefficient (Wildman–Crippen LogP) is 1.07. The first kappa shape index (κ1) is 13.1. The molecule has 0 unspecified atom stereocenters. The van der Waals surface area contributed by atoms with E-state index < -0.39 is 0 Å². The summed E-state index contributed by atoms with van der Waals surface area (Å²) in [6.07, 6.45) is 1.77. The van der Waals surface area contributed by atoms with Crippen LogP contribution in [0.1, 0.15) is 21.9 Å². The van der Waals surface area contributed by atoms with Crippen molar-refractivity contribution in [3.63, 3.8) is 0 Å². The molecule has 3 heterocycles. The van der Waals surface area contributed by atoms with Gasteiger partial charge in [-0.05, 0) is 17.7 Å². The largest absolute Gasteiger partial charge is 0.454 e. The summed E-state index contributed by atoms with van der Waals surface area (Å²) in [5, 5.41) is 2.86. The summed E-state index contributed by atoms with van der Waals surface area (Å²) in [6, 6.07) is 5.62. The molecule has 7 heteroatoms. The number of carbonyl (C=O) groups excluding carboxylic acids is 1. The Balaban J connectivity index is 1.43. The van der Waals surface area contributed by atoms with Crippen molar-refractivity contribution >= 4 is 5.91 Å². The number of hydrogen-bond donors (Lipinski definition) is 1. The first-order valence-corrected chi connectivity index (χ1v) is 7.10. The summed E-state index contributed by atoms with van der Waals surface area (Å²) in [7, 11) is 0. The van der Waals surface area contributed by atoms with E-state index >= 15 is 0 Å². The number of imidazole rings is 1. The fourth-order valence-corrected chi connectivity index (χ4v) is 2.52. The second kappa shape index (κ2) is 5.34. The Bertz CT molecular complexity index is 702. The van der Waals surface area contributed by atoms with E-state index in [2.05, 4.69) is 10.3 Å². The minimum atomic E-state index is -0.195. The number of benzene rings is 1. The number of aromatic nitrogens is 2. The van der Waals surface area contributed by atoms with Crippen LogP contribution in [0.5, 0.6) is 11.5 Å². The maximum Gasteiger partial charge on any atom is 0.271 e. The first-order valence-electron chi connectivity index (χ1n) is 7.10. The molecule has 22 heavy (non-hydrogen) atoms. The minimum Gasteiger partial charge on any atom is -0.454 e. The molecule has 114 valence electrons. The molecule has 0 atom stereocenters. The molecule has 0 radical (unpaired) electrons. The van der Waals surface area contributed by atoms with Crippen LogP contribution in [0.2, 0.25) is 0 Å². The quantitative estimate of drug-likeness (QED) is 0.918. The van der Waals surface area contributed by atoms with E-state index in [1.54, 1.807) is 6.20 Å². The number of hydrogen-bond acceptors (Lipinski definition) is 5. The molecule has 1 N–H and O–H groups in total. The third-order valence-corrected chi connectivity index (χ3v) is 3.69. The fraction of sp³-hybridized carbons (Fsp3) is 0.333. The Morgan fingerprint density at radius 1 is 1.32 bits per heavy atom. The smallest absolute Gasteiger partial charge is 0.271 e. The zero-order chi connectivity index (χ0) is 14.9. The molecule has 1 amide bonds. The van der Waals surface area contributed by atoms with Gasteiger partial charge in [0.25, 0.3) is 5.91 Å². The van der Waals surface area contributed by atoms with Crippen molar-refractivity contribution in [1.29, 1.82) is 0 Å². The molecule has 0 saturated carbocycles. The molecular formula is C15H15N3O4. The van der Waals surface area contributed by atoms with Gasteiger partial charge in [-0.25, -0.2) is 4.98 Å². The lowest BCUT2D eigenvalue weighted by Crippen LogP contribution is -2.23. The highest BCUT2D eigenvalue weighted by atomic mass is 16.7. The zero-order valence-electron chi connectivity index (χ0n) is 11.9. The Morgan fingerprint density at radius 3 is 3.14 bits per heavy atom. The monoisotopic (exact) mass is 301 g/mol. The van der Waals surface area contributed by atoms with Gasteiger partial charge in [-0.15, -0.1) is 0 Å². The average Bonchev–Trinajstić information content (AvgIpc) is 3.18. The lowest BCUT2D eigenvalue weighted by molar-refractivity contribution is 0.0816. The predicted molar refractivity (Wildman–Crippen MR) is 75.6 cm³/mol. The number of amides is 1. The van der Waals surface area contributed by atoms with Crippen LogP contribution in [0.25, 0.3) is 0 Å².